The van der Waals surface area contributed by atoms with Crippen LogP contribution in [-0.2, 0) is 0 Å². The Morgan fingerprint density at radius 3 is 2.56 bits per heavy atom. The SMILES string of the molecule is Cc1cccc(Cl)c1[C@H](N)[C@H](O)C1CC1.Cl. The van der Waals surface area contributed by atoms with Crippen molar-refractivity contribution in [2.24, 2.45) is 11.7 Å². The first-order valence-electron chi connectivity index (χ1n) is 5.30. The Kier molecular flexibility index (Phi) is 4.62. The largest absolute Gasteiger partial charge is 0.391 e. The minimum absolute atomic E-state index is 0. The van der Waals surface area contributed by atoms with Crippen molar-refractivity contribution in [3.05, 3.63) is 34.3 Å². The summed E-state index contributed by atoms with van der Waals surface area (Å²) in [7, 11) is 0. The zero-order valence-corrected chi connectivity index (χ0v) is 10.8. The van der Waals surface area contributed by atoms with Crippen molar-refractivity contribution in [1.82, 2.24) is 0 Å². The van der Waals surface area contributed by atoms with Crippen LogP contribution in [0.5, 0.6) is 0 Å². The molecule has 2 nitrogen and oxygen atoms in total. The highest BCUT2D eigenvalue weighted by atomic mass is 35.5. The lowest BCUT2D eigenvalue weighted by Crippen LogP contribution is -2.28. The molecule has 0 unspecified atom stereocenters. The van der Waals surface area contributed by atoms with Crippen molar-refractivity contribution in [2.45, 2.75) is 31.9 Å². The van der Waals surface area contributed by atoms with E-state index >= 15 is 0 Å². The second kappa shape index (κ2) is 5.37. The Labute approximate surface area is 107 Å². The summed E-state index contributed by atoms with van der Waals surface area (Å²) >= 11 is 6.10. The molecule has 1 aliphatic rings. The van der Waals surface area contributed by atoms with Gasteiger partial charge in [0, 0.05) is 5.02 Å². The maximum Gasteiger partial charge on any atom is 0.0761 e. The third kappa shape index (κ3) is 2.69. The van der Waals surface area contributed by atoms with E-state index in [0.29, 0.717) is 10.9 Å². The van der Waals surface area contributed by atoms with E-state index in [1.807, 2.05) is 25.1 Å². The summed E-state index contributed by atoms with van der Waals surface area (Å²) in [5.41, 5.74) is 7.98. The van der Waals surface area contributed by atoms with Gasteiger partial charge in [0.15, 0.2) is 0 Å². The molecule has 1 aliphatic carbocycles. The molecule has 0 amide bonds. The maximum absolute atomic E-state index is 9.98. The van der Waals surface area contributed by atoms with Gasteiger partial charge >= 0.3 is 0 Å². The number of rotatable bonds is 3. The summed E-state index contributed by atoms with van der Waals surface area (Å²) < 4.78 is 0. The Morgan fingerprint density at radius 1 is 1.44 bits per heavy atom. The third-order valence-corrected chi connectivity index (χ3v) is 3.41. The quantitative estimate of drug-likeness (QED) is 0.879. The summed E-state index contributed by atoms with van der Waals surface area (Å²) in [5.74, 6) is 0.371. The van der Waals surface area contributed by atoms with E-state index in [0.717, 1.165) is 24.0 Å². The van der Waals surface area contributed by atoms with Crippen LogP contribution in [0.4, 0.5) is 0 Å². The predicted molar refractivity (Wildman–Crippen MR) is 69.1 cm³/mol. The van der Waals surface area contributed by atoms with Crippen molar-refractivity contribution in [2.75, 3.05) is 0 Å². The lowest BCUT2D eigenvalue weighted by Gasteiger charge is -2.21. The van der Waals surface area contributed by atoms with Gasteiger partial charge in [-0.2, -0.15) is 0 Å². The van der Waals surface area contributed by atoms with Gasteiger partial charge in [-0.1, -0.05) is 23.7 Å². The average molecular weight is 262 g/mol. The molecule has 0 aliphatic heterocycles. The number of nitrogens with two attached hydrogens (primary N) is 1. The molecule has 1 saturated carbocycles. The van der Waals surface area contributed by atoms with Gasteiger partial charge < -0.3 is 10.8 Å². The fourth-order valence-corrected chi connectivity index (χ4v) is 2.32. The first-order valence-corrected chi connectivity index (χ1v) is 5.67. The van der Waals surface area contributed by atoms with Crippen LogP contribution in [0, 0.1) is 12.8 Å². The number of aliphatic hydroxyl groups excluding tert-OH is 1. The van der Waals surface area contributed by atoms with Crippen molar-refractivity contribution < 1.29 is 5.11 Å². The molecular formula is C12H17Cl2NO. The van der Waals surface area contributed by atoms with Gasteiger partial charge in [-0.3, -0.25) is 0 Å². The van der Waals surface area contributed by atoms with E-state index < -0.39 is 6.10 Å². The normalized spacial score (nSPS) is 18.8. The molecule has 0 aromatic heterocycles. The molecule has 2 atom stereocenters. The van der Waals surface area contributed by atoms with Crippen LogP contribution in [0.15, 0.2) is 18.2 Å². The molecule has 3 N–H and O–H groups in total. The van der Waals surface area contributed by atoms with Crippen LogP contribution < -0.4 is 5.73 Å². The van der Waals surface area contributed by atoms with Crippen LogP contribution in [0.1, 0.15) is 30.0 Å². The number of aliphatic hydroxyl groups is 1. The zero-order chi connectivity index (χ0) is 11.0. The summed E-state index contributed by atoms with van der Waals surface area (Å²) in [6.45, 7) is 1.97. The maximum atomic E-state index is 9.98. The Balaban J connectivity index is 0.00000128. The number of halogens is 2. The van der Waals surface area contributed by atoms with E-state index in [1.54, 1.807) is 0 Å². The highest BCUT2D eigenvalue weighted by Gasteiger charge is 2.35. The fraction of sp³-hybridized carbons (Fsp3) is 0.500. The topological polar surface area (TPSA) is 46.2 Å². The van der Waals surface area contributed by atoms with Crippen LogP contribution in [0.2, 0.25) is 5.02 Å². The number of hydrogen-bond donors (Lipinski definition) is 2. The first kappa shape index (κ1) is 13.8. The van der Waals surface area contributed by atoms with Crippen LogP contribution in [-0.4, -0.2) is 11.2 Å². The van der Waals surface area contributed by atoms with E-state index in [4.69, 9.17) is 17.3 Å². The van der Waals surface area contributed by atoms with Gasteiger partial charge in [0.1, 0.15) is 0 Å². The van der Waals surface area contributed by atoms with Gasteiger partial charge in [0.2, 0.25) is 0 Å². The minimum atomic E-state index is -0.455. The third-order valence-electron chi connectivity index (χ3n) is 3.08. The van der Waals surface area contributed by atoms with Gasteiger partial charge in [0.25, 0.3) is 0 Å². The molecule has 0 saturated heterocycles. The number of aryl methyl sites for hydroxylation is 1. The summed E-state index contributed by atoms with van der Waals surface area (Å²) in [4.78, 5) is 0. The van der Waals surface area contributed by atoms with E-state index in [9.17, 15) is 5.11 Å². The minimum Gasteiger partial charge on any atom is -0.391 e. The number of benzene rings is 1. The second-order valence-electron chi connectivity index (χ2n) is 4.32. The fourth-order valence-electron chi connectivity index (χ4n) is 1.97. The highest BCUT2D eigenvalue weighted by molar-refractivity contribution is 6.31. The molecule has 0 spiro atoms. The molecule has 90 valence electrons. The van der Waals surface area contributed by atoms with Crippen molar-refractivity contribution >= 4 is 24.0 Å². The summed E-state index contributed by atoms with van der Waals surface area (Å²) in [5, 5.41) is 10.6. The van der Waals surface area contributed by atoms with Crippen LogP contribution in [0.3, 0.4) is 0 Å². The lowest BCUT2D eigenvalue weighted by molar-refractivity contribution is 0.122. The summed E-state index contributed by atoms with van der Waals surface area (Å²) in [6, 6.07) is 5.34. The number of hydrogen-bond acceptors (Lipinski definition) is 2. The van der Waals surface area contributed by atoms with E-state index in [-0.39, 0.29) is 18.4 Å². The van der Waals surface area contributed by atoms with Crippen molar-refractivity contribution in [3.8, 4) is 0 Å². The first-order chi connectivity index (χ1) is 7.11. The van der Waals surface area contributed by atoms with Crippen molar-refractivity contribution in [1.29, 1.82) is 0 Å². The van der Waals surface area contributed by atoms with Gasteiger partial charge in [-0.15, -0.1) is 12.4 Å². The predicted octanol–water partition coefficient (Wildman–Crippen LogP) is 2.84. The molecule has 4 heteroatoms. The monoisotopic (exact) mass is 261 g/mol. The Bertz CT molecular complexity index is 346. The van der Waals surface area contributed by atoms with E-state index in [2.05, 4.69) is 0 Å². The molecule has 0 bridgehead atoms. The standard InChI is InChI=1S/C12H16ClNO.ClH/c1-7-3-2-4-9(13)10(7)11(14)12(15)8-5-6-8;/h2-4,8,11-12,15H,5-6,14H2,1H3;1H/t11-,12+;/m0./s1. The molecular weight excluding hydrogens is 245 g/mol. The smallest absolute Gasteiger partial charge is 0.0761 e. The summed E-state index contributed by atoms with van der Waals surface area (Å²) in [6.07, 6.45) is 1.71. The molecule has 2 rings (SSSR count). The second-order valence-corrected chi connectivity index (χ2v) is 4.73. The van der Waals surface area contributed by atoms with Crippen LogP contribution in [0.25, 0.3) is 0 Å². The average Bonchev–Trinajstić information content (AvgIpc) is 2.99. The molecule has 0 heterocycles. The highest BCUT2D eigenvalue weighted by Crippen LogP contribution is 2.39. The molecule has 0 radical (unpaired) electrons. The van der Waals surface area contributed by atoms with E-state index in [1.165, 1.54) is 0 Å². The lowest BCUT2D eigenvalue weighted by atomic mass is 9.95. The molecule has 1 aromatic carbocycles. The zero-order valence-electron chi connectivity index (χ0n) is 9.19. The Morgan fingerprint density at radius 2 is 2.06 bits per heavy atom. The van der Waals surface area contributed by atoms with Gasteiger partial charge in [-0.25, -0.2) is 0 Å². The van der Waals surface area contributed by atoms with Crippen molar-refractivity contribution in [3.63, 3.8) is 0 Å². The van der Waals surface area contributed by atoms with Crippen LogP contribution >= 0.6 is 24.0 Å². The van der Waals surface area contributed by atoms with Gasteiger partial charge in [0.05, 0.1) is 12.1 Å². The molecule has 1 aromatic rings. The molecule has 1 fully saturated rings. The Hall–Kier alpha value is -0.280. The van der Waals surface area contributed by atoms with Gasteiger partial charge in [-0.05, 0) is 42.9 Å². The molecule has 16 heavy (non-hydrogen) atoms.